The first-order valence-corrected chi connectivity index (χ1v) is 9.61. The summed E-state index contributed by atoms with van der Waals surface area (Å²) < 4.78 is 31.7. The Balaban J connectivity index is 0.00000320. The van der Waals surface area contributed by atoms with Crippen molar-refractivity contribution in [2.75, 3.05) is 19.6 Å². The molecule has 0 spiro atoms. The fraction of sp³-hybridized carbons (Fsp3) is 0.273. The van der Waals surface area contributed by atoms with Crippen molar-refractivity contribution in [2.45, 2.75) is 19.8 Å². The average molecular weight is 526 g/mol. The van der Waals surface area contributed by atoms with Gasteiger partial charge in [0, 0.05) is 31.6 Å². The van der Waals surface area contributed by atoms with Crippen LogP contribution in [0.4, 0.5) is 8.78 Å². The van der Waals surface area contributed by atoms with Crippen molar-refractivity contribution in [2.24, 2.45) is 4.99 Å². The number of hydrogen-bond donors (Lipinski definition) is 2. The van der Waals surface area contributed by atoms with Gasteiger partial charge in [0.05, 0.1) is 5.69 Å². The standard InChI is InChI=1S/C22H24F2N4O.HI/c1-2-25-22(26-12-10-16-4-3-5-19(24)14-16)27-13-11-20-15-29-21(28-20)17-6-8-18(23)9-7-17;/h3-9,14-15H,2,10-13H2,1H3,(H2,25,26,27);1H. The van der Waals surface area contributed by atoms with Crippen LogP contribution in [0.3, 0.4) is 0 Å². The van der Waals surface area contributed by atoms with E-state index in [0.717, 1.165) is 23.4 Å². The third-order valence-electron chi connectivity index (χ3n) is 4.22. The van der Waals surface area contributed by atoms with E-state index in [0.29, 0.717) is 37.8 Å². The largest absolute Gasteiger partial charge is 0.444 e. The molecule has 0 saturated carbocycles. The van der Waals surface area contributed by atoms with E-state index >= 15 is 0 Å². The van der Waals surface area contributed by atoms with E-state index in [-0.39, 0.29) is 35.6 Å². The Morgan fingerprint density at radius 1 is 1.03 bits per heavy atom. The van der Waals surface area contributed by atoms with Crippen LogP contribution in [0.5, 0.6) is 0 Å². The highest BCUT2D eigenvalue weighted by molar-refractivity contribution is 14.0. The molecule has 0 bridgehead atoms. The molecule has 3 rings (SSSR count). The summed E-state index contributed by atoms with van der Waals surface area (Å²) in [5.41, 5.74) is 2.45. The number of aromatic nitrogens is 1. The molecule has 0 amide bonds. The van der Waals surface area contributed by atoms with Crippen molar-refractivity contribution in [3.63, 3.8) is 0 Å². The number of guanidine groups is 1. The minimum Gasteiger partial charge on any atom is -0.444 e. The highest BCUT2D eigenvalue weighted by Gasteiger charge is 2.07. The van der Waals surface area contributed by atoms with Gasteiger partial charge in [0.25, 0.3) is 0 Å². The van der Waals surface area contributed by atoms with E-state index < -0.39 is 0 Å². The molecule has 1 heterocycles. The molecular formula is C22H25F2IN4O. The molecule has 3 aromatic rings. The van der Waals surface area contributed by atoms with E-state index in [4.69, 9.17) is 4.42 Å². The maximum Gasteiger partial charge on any atom is 0.226 e. The Morgan fingerprint density at radius 3 is 2.57 bits per heavy atom. The molecule has 5 nitrogen and oxygen atoms in total. The predicted octanol–water partition coefficient (Wildman–Crippen LogP) is 4.58. The number of benzene rings is 2. The van der Waals surface area contributed by atoms with E-state index in [1.54, 1.807) is 24.5 Å². The fourth-order valence-corrected chi connectivity index (χ4v) is 2.79. The second-order valence-corrected chi connectivity index (χ2v) is 6.47. The quantitative estimate of drug-likeness (QED) is 0.257. The number of halogens is 3. The van der Waals surface area contributed by atoms with Crippen molar-refractivity contribution in [1.29, 1.82) is 0 Å². The lowest BCUT2D eigenvalue weighted by Crippen LogP contribution is -2.38. The number of rotatable bonds is 8. The minimum atomic E-state index is -0.296. The number of aliphatic imine (C=N–C) groups is 1. The number of nitrogens with one attached hydrogen (secondary N) is 2. The van der Waals surface area contributed by atoms with Crippen LogP contribution >= 0.6 is 24.0 Å². The second kappa shape index (κ2) is 12.3. The van der Waals surface area contributed by atoms with Crippen LogP contribution in [0.15, 0.2) is 64.2 Å². The molecule has 30 heavy (non-hydrogen) atoms. The Kier molecular flexibility index (Phi) is 9.72. The van der Waals surface area contributed by atoms with Crippen LogP contribution in [0.25, 0.3) is 11.5 Å². The summed E-state index contributed by atoms with van der Waals surface area (Å²) in [5.74, 6) is 0.640. The Hall–Kier alpha value is -2.49. The molecule has 0 aliphatic carbocycles. The molecule has 8 heteroatoms. The number of nitrogens with zero attached hydrogens (tertiary/aromatic N) is 2. The summed E-state index contributed by atoms with van der Waals surface area (Å²) in [6.45, 7) is 3.92. The highest BCUT2D eigenvalue weighted by Crippen LogP contribution is 2.19. The van der Waals surface area contributed by atoms with Gasteiger partial charge in [-0.15, -0.1) is 24.0 Å². The summed E-state index contributed by atoms with van der Waals surface area (Å²) >= 11 is 0. The molecule has 0 saturated heterocycles. The van der Waals surface area contributed by atoms with Gasteiger partial charge in [-0.05, 0) is 55.3 Å². The zero-order valence-electron chi connectivity index (χ0n) is 16.7. The first-order chi connectivity index (χ1) is 14.1. The molecule has 1 aromatic heterocycles. The van der Waals surface area contributed by atoms with Gasteiger partial charge in [-0.2, -0.15) is 0 Å². The molecule has 0 fully saturated rings. The first kappa shape index (κ1) is 23.8. The number of hydrogen-bond acceptors (Lipinski definition) is 3. The molecule has 0 radical (unpaired) electrons. The monoisotopic (exact) mass is 526 g/mol. The second-order valence-electron chi connectivity index (χ2n) is 6.47. The van der Waals surface area contributed by atoms with Crippen LogP contribution in [0, 0.1) is 11.6 Å². The van der Waals surface area contributed by atoms with Gasteiger partial charge in [0.2, 0.25) is 5.89 Å². The maximum atomic E-state index is 13.2. The Morgan fingerprint density at radius 2 is 1.83 bits per heavy atom. The molecule has 0 atom stereocenters. The summed E-state index contributed by atoms with van der Waals surface area (Å²) in [4.78, 5) is 8.97. The fourth-order valence-electron chi connectivity index (χ4n) is 2.79. The van der Waals surface area contributed by atoms with Gasteiger partial charge in [-0.25, -0.2) is 13.8 Å². The van der Waals surface area contributed by atoms with Crippen LogP contribution in [-0.2, 0) is 12.8 Å². The zero-order chi connectivity index (χ0) is 20.5. The van der Waals surface area contributed by atoms with Crippen molar-refractivity contribution < 1.29 is 13.2 Å². The van der Waals surface area contributed by atoms with Crippen LogP contribution in [-0.4, -0.2) is 30.6 Å². The summed E-state index contributed by atoms with van der Waals surface area (Å²) in [6.07, 6.45) is 2.91. The van der Waals surface area contributed by atoms with Gasteiger partial charge < -0.3 is 15.1 Å². The Bertz CT molecular complexity index is 944. The summed E-state index contributed by atoms with van der Waals surface area (Å²) in [5, 5.41) is 6.44. The molecule has 2 aromatic carbocycles. The van der Waals surface area contributed by atoms with Crippen LogP contribution < -0.4 is 10.6 Å². The molecule has 0 aliphatic rings. The maximum absolute atomic E-state index is 13.2. The van der Waals surface area contributed by atoms with E-state index in [9.17, 15) is 8.78 Å². The van der Waals surface area contributed by atoms with Gasteiger partial charge in [0.1, 0.15) is 17.9 Å². The first-order valence-electron chi connectivity index (χ1n) is 9.61. The SMILES string of the molecule is CCNC(=NCCc1coc(-c2ccc(F)cc2)n1)NCCc1cccc(F)c1.I. The lowest BCUT2D eigenvalue weighted by Gasteiger charge is -2.11. The minimum absolute atomic E-state index is 0. The average Bonchev–Trinajstić information content (AvgIpc) is 3.17. The Labute approximate surface area is 192 Å². The topological polar surface area (TPSA) is 62.5 Å². The van der Waals surface area contributed by atoms with E-state index in [2.05, 4.69) is 20.6 Å². The molecule has 2 N–H and O–H groups in total. The van der Waals surface area contributed by atoms with Crippen molar-refractivity contribution >= 4 is 29.9 Å². The molecule has 0 unspecified atom stereocenters. The lowest BCUT2D eigenvalue weighted by atomic mass is 10.1. The lowest BCUT2D eigenvalue weighted by molar-refractivity contribution is 0.572. The van der Waals surface area contributed by atoms with Crippen molar-refractivity contribution in [3.8, 4) is 11.5 Å². The summed E-state index contributed by atoms with van der Waals surface area (Å²) in [6, 6.07) is 12.6. The van der Waals surface area contributed by atoms with E-state index in [1.165, 1.54) is 24.3 Å². The third kappa shape index (κ3) is 7.40. The smallest absolute Gasteiger partial charge is 0.226 e. The van der Waals surface area contributed by atoms with Crippen molar-refractivity contribution in [3.05, 3.63) is 77.7 Å². The van der Waals surface area contributed by atoms with Crippen molar-refractivity contribution in [1.82, 2.24) is 15.6 Å². The van der Waals surface area contributed by atoms with E-state index in [1.807, 2.05) is 13.0 Å². The van der Waals surface area contributed by atoms with Gasteiger partial charge in [-0.1, -0.05) is 12.1 Å². The molecular weight excluding hydrogens is 501 g/mol. The van der Waals surface area contributed by atoms with Gasteiger partial charge in [0.15, 0.2) is 5.96 Å². The highest BCUT2D eigenvalue weighted by atomic mass is 127. The van der Waals surface area contributed by atoms with Gasteiger partial charge in [-0.3, -0.25) is 4.99 Å². The normalized spacial score (nSPS) is 11.1. The van der Waals surface area contributed by atoms with Gasteiger partial charge >= 0.3 is 0 Å². The van der Waals surface area contributed by atoms with Crippen LogP contribution in [0.1, 0.15) is 18.2 Å². The molecule has 0 aliphatic heterocycles. The molecule has 160 valence electrons. The predicted molar refractivity (Wildman–Crippen MR) is 125 cm³/mol. The number of oxazole rings is 1. The third-order valence-corrected chi connectivity index (χ3v) is 4.22. The van der Waals surface area contributed by atoms with Crippen LogP contribution in [0.2, 0.25) is 0 Å². The zero-order valence-corrected chi connectivity index (χ0v) is 19.0. The summed E-state index contributed by atoms with van der Waals surface area (Å²) in [7, 11) is 0.